The Hall–Kier alpha value is -3.70. The van der Waals surface area contributed by atoms with Crippen LogP contribution in [0, 0.1) is 0 Å². The van der Waals surface area contributed by atoms with Crippen molar-refractivity contribution < 1.29 is 4.79 Å². The standard InChI is InChI=1S/C25H24N4O/c1-28(19-24(30)26-22-13-7-3-8-14-22)17-21-18-29(23-15-9-4-10-16-23)27-25(21)20-11-5-2-6-12-20/h2-16,18H,17,19H2,1H3,(H,26,30). The van der Waals surface area contributed by atoms with E-state index in [0.29, 0.717) is 13.1 Å². The molecule has 0 aliphatic rings. The van der Waals surface area contributed by atoms with Crippen LogP contribution in [0.1, 0.15) is 5.56 Å². The number of nitrogens with one attached hydrogen (secondary N) is 1. The molecule has 4 rings (SSSR count). The molecule has 0 atom stereocenters. The van der Waals surface area contributed by atoms with Crippen LogP contribution in [-0.2, 0) is 11.3 Å². The maximum Gasteiger partial charge on any atom is 0.238 e. The molecule has 3 aromatic carbocycles. The quantitative estimate of drug-likeness (QED) is 0.496. The fourth-order valence-electron chi connectivity index (χ4n) is 3.39. The Bertz CT molecular complexity index is 1090. The van der Waals surface area contributed by atoms with E-state index in [2.05, 4.69) is 17.4 Å². The van der Waals surface area contributed by atoms with E-state index < -0.39 is 0 Å². The molecule has 30 heavy (non-hydrogen) atoms. The number of nitrogens with zero attached hydrogens (tertiary/aromatic N) is 3. The third kappa shape index (κ3) is 4.82. The minimum atomic E-state index is -0.0413. The summed E-state index contributed by atoms with van der Waals surface area (Å²) in [6.45, 7) is 0.902. The predicted octanol–water partition coefficient (Wildman–Crippen LogP) is 4.61. The molecule has 5 heteroatoms. The fourth-order valence-corrected chi connectivity index (χ4v) is 3.39. The first kappa shape index (κ1) is 19.6. The Morgan fingerprint density at radius 2 is 1.50 bits per heavy atom. The third-order valence-corrected chi connectivity index (χ3v) is 4.77. The molecule has 1 N–H and O–H groups in total. The molecule has 1 aromatic heterocycles. The van der Waals surface area contributed by atoms with Crippen LogP contribution in [0.3, 0.4) is 0 Å². The molecule has 0 unspecified atom stereocenters. The third-order valence-electron chi connectivity index (χ3n) is 4.77. The summed E-state index contributed by atoms with van der Waals surface area (Å²) < 4.78 is 1.90. The van der Waals surface area contributed by atoms with Gasteiger partial charge in [0.15, 0.2) is 0 Å². The molecule has 0 saturated carbocycles. The van der Waals surface area contributed by atoms with Gasteiger partial charge in [-0.2, -0.15) is 5.10 Å². The SMILES string of the molecule is CN(CC(=O)Nc1ccccc1)Cc1cn(-c2ccccc2)nc1-c1ccccc1. The smallest absolute Gasteiger partial charge is 0.238 e. The van der Waals surface area contributed by atoms with Crippen LogP contribution in [0.5, 0.6) is 0 Å². The monoisotopic (exact) mass is 396 g/mol. The number of amides is 1. The Balaban J connectivity index is 1.53. The van der Waals surface area contributed by atoms with Crippen LogP contribution in [0.25, 0.3) is 16.9 Å². The summed E-state index contributed by atoms with van der Waals surface area (Å²) in [5, 5.41) is 7.77. The van der Waals surface area contributed by atoms with E-state index in [1.807, 2.05) is 102 Å². The van der Waals surface area contributed by atoms with Gasteiger partial charge in [-0.3, -0.25) is 9.69 Å². The van der Waals surface area contributed by atoms with Gasteiger partial charge >= 0.3 is 0 Å². The van der Waals surface area contributed by atoms with Gasteiger partial charge in [-0.15, -0.1) is 0 Å². The molecular formula is C25H24N4O. The van der Waals surface area contributed by atoms with Crippen molar-refractivity contribution >= 4 is 11.6 Å². The van der Waals surface area contributed by atoms with Gasteiger partial charge in [-0.05, 0) is 31.3 Å². The van der Waals surface area contributed by atoms with Crippen LogP contribution in [0.2, 0.25) is 0 Å². The van der Waals surface area contributed by atoms with Gasteiger partial charge in [0.05, 0.1) is 17.9 Å². The number of likely N-dealkylation sites (N-methyl/N-ethyl adjacent to an activating group) is 1. The first-order valence-electron chi connectivity index (χ1n) is 9.92. The Labute approximate surface area is 176 Å². The lowest BCUT2D eigenvalue weighted by molar-refractivity contribution is -0.117. The van der Waals surface area contributed by atoms with Gasteiger partial charge < -0.3 is 5.32 Å². The van der Waals surface area contributed by atoms with Crippen molar-refractivity contribution in [1.82, 2.24) is 14.7 Å². The van der Waals surface area contributed by atoms with Gasteiger partial charge in [0.2, 0.25) is 5.91 Å². The highest BCUT2D eigenvalue weighted by atomic mass is 16.2. The van der Waals surface area contributed by atoms with Crippen molar-refractivity contribution in [2.24, 2.45) is 0 Å². The van der Waals surface area contributed by atoms with Crippen LogP contribution in [0.4, 0.5) is 5.69 Å². The van der Waals surface area contributed by atoms with Crippen molar-refractivity contribution in [3.63, 3.8) is 0 Å². The zero-order valence-corrected chi connectivity index (χ0v) is 16.9. The second-order valence-electron chi connectivity index (χ2n) is 7.24. The average Bonchev–Trinajstić information content (AvgIpc) is 3.19. The predicted molar refractivity (Wildman–Crippen MR) is 120 cm³/mol. The van der Waals surface area contributed by atoms with Crippen molar-refractivity contribution in [3.05, 3.63) is 103 Å². The Morgan fingerprint density at radius 1 is 0.900 bits per heavy atom. The molecule has 0 bridgehead atoms. The van der Waals surface area contributed by atoms with Crippen molar-refractivity contribution in [3.8, 4) is 16.9 Å². The molecule has 1 amide bonds. The molecule has 0 aliphatic heterocycles. The second-order valence-corrected chi connectivity index (χ2v) is 7.24. The largest absolute Gasteiger partial charge is 0.325 e. The van der Waals surface area contributed by atoms with Crippen molar-refractivity contribution in [2.75, 3.05) is 18.9 Å². The van der Waals surface area contributed by atoms with Crippen LogP contribution in [0.15, 0.2) is 97.2 Å². The van der Waals surface area contributed by atoms with Gasteiger partial charge in [0.1, 0.15) is 0 Å². The average molecular weight is 396 g/mol. The Morgan fingerprint density at radius 3 is 2.17 bits per heavy atom. The molecule has 4 aromatic rings. The number of hydrogen-bond acceptors (Lipinski definition) is 3. The number of anilines is 1. The van der Waals surface area contributed by atoms with Crippen LogP contribution < -0.4 is 5.32 Å². The lowest BCUT2D eigenvalue weighted by Crippen LogP contribution is -2.29. The molecular weight excluding hydrogens is 372 g/mol. The normalized spacial score (nSPS) is 10.9. The topological polar surface area (TPSA) is 50.2 Å². The Kier molecular flexibility index (Phi) is 6.01. The summed E-state index contributed by atoms with van der Waals surface area (Å²) in [5.74, 6) is -0.0413. The number of para-hydroxylation sites is 2. The van der Waals surface area contributed by atoms with Gasteiger partial charge in [-0.1, -0.05) is 66.7 Å². The molecule has 150 valence electrons. The fraction of sp³-hybridized carbons (Fsp3) is 0.120. The van der Waals surface area contributed by atoms with E-state index in [4.69, 9.17) is 5.10 Å². The number of rotatable bonds is 7. The van der Waals surface area contributed by atoms with Crippen LogP contribution >= 0.6 is 0 Å². The van der Waals surface area contributed by atoms with E-state index in [-0.39, 0.29) is 5.91 Å². The number of aromatic nitrogens is 2. The summed E-state index contributed by atoms with van der Waals surface area (Å²) >= 11 is 0. The molecule has 5 nitrogen and oxygen atoms in total. The van der Waals surface area contributed by atoms with Gasteiger partial charge in [0, 0.05) is 29.6 Å². The first-order chi connectivity index (χ1) is 14.7. The summed E-state index contributed by atoms with van der Waals surface area (Å²) in [5.41, 5.74) is 4.86. The minimum absolute atomic E-state index is 0.0413. The highest BCUT2D eigenvalue weighted by Gasteiger charge is 2.15. The number of carbonyl (C=O) groups excluding carboxylic acids is 1. The minimum Gasteiger partial charge on any atom is -0.325 e. The zero-order valence-electron chi connectivity index (χ0n) is 16.9. The molecule has 0 saturated heterocycles. The molecule has 0 aliphatic carbocycles. The molecule has 0 spiro atoms. The van der Waals surface area contributed by atoms with Gasteiger partial charge in [0.25, 0.3) is 0 Å². The van der Waals surface area contributed by atoms with Crippen LogP contribution in [-0.4, -0.2) is 34.2 Å². The highest BCUT2D eigenvalue weighted by molar-refractivity contribution is 5.92. The maximum absolute atomic E-state index is 12.4. The lowest BCUT2D eigenvalue weighted by atomic mass is 10.1. The maximum atomic E-state index is 12.4. The van der Waals surface area contributed by atoms with E-state index in [9.17, 15) is 4.79 Å². The lowest BCUT2D eigenvalue weighted by Gasteiger charge is -2.16. The zero-order chi connectivity index (χ0) is 20.8. The van der Waals surface area contributed by atoms with E-state index in [0.717, 1.165) is 28.2 Å². The van der Waals surface area contributed by atoms with E-state index >= 15 is 0 Å². The summed E-state index contributed by atoms with van der Waals surface area (Å²) in [4.78, 5) is 14.4. The number of hydrogen-bond donors (Lipinski definition) is 1. The second kappa shape index (κ2) is 9.20. The van der Waals surface area contributed by atoms with E-state index in [1.165, 1.54) is 0 Å². The van der Waals surface area contributed by atoms with Gasteiger partial charge in [-0.25, -0.2) is 4.68 Å². The number of carbonyl (C=O) groups is 1. The van der Waals surface area contributed by atoms with E-state index in [1.54, 1.807) is 0 Å². The molecule has 1 heterocycles. The summed E-state index contributed by atoms with van der Waals surface area (Å²) in [6.07, 6.45) is 2.04. The summed E-state index contributed by atoms with van der Waals surface area (Å²) in [6, 6.07) is 29.7. The highest BCUT2D eigenvalue weighted by Crippen LogP contribution is 2.24. The summed E-state index contributed by atoms with van der Waals surface area (Å²) in [7, 11) is 1.94. The van der Waals surface area contributed by atoms with Crippen molar-refractivity contribution in [1.29, 1.82) is 0 Å². The number of benzene rings is 3. The molecule has 0 fully saturated rings. The molecule has 0 radical (unpaired) electrons. The van der Waals surface area contributed by atoms with Crippen molar-refractivity contribution in [2.45, 2.75) is 6.54 Å². The first-order valence-corrected chi connectivity index (χ1v) is 9.92.